The van der Waals surface area contributed by atoms with Gasteiger partial charge in [-0.3, -0.25) is 19.2 Å². The van der Waals surface area contributed by atoms with Gasteiger partial charge in [-0.15, -0.1) is 13.2 Å². The number of carbonyl (C=O) groups is 4. The molecule has 0 unspecified atom stereocenters. The third-order valence-electron chi connectivity index (χ3n) is 10.0. The van der Waals surface area contributed by atoms with Crippen molar-refractivity contribution in [1.29, 1.82) is 0 Å². The minimum absolute atomic E-state index is 0.0650. The molecule has 3 amide bonds. The van der Waals surface area contributed by atoms with Crippen LogP contribution in [0.5, 0.6) is 0 Å². The molecule has 10 nitrogen and oxygen atoms in total. The molecule has 4 rings (SSSR count). The Kier molecular flexibility index (Phi) is 12.2. The number of likely N-dealkylation sites (tertiary alicyclic amines) is 1. The van der Waals surface area contributed by atoms with Gasteiger partial charge in [-0.25, -0.2) is 0 Å². The predicted molar refractivity (Wildman–Crippen MR) is 174 cm³/mol. The molecule has 2 bridgehead atoms. The minimum atomic E-state index is -1.21. The molecule has 252 valence electrons. The van der Waals surface area contributed by atoms with Gasteiger partial charge in [-0.05, 0) is 37.2 Å². The Hall–Kier alpha value is -3.50. The van der Waals surface area contributed by atoms with Gasteiger partial charge in [0.2, 0.25) is 17.7 Å². The highest BCUT2D eigenvalue weighted by molar-refractivity contribution is 5.98. The highest BCUT2D eigenvalue weighted by atomic mass is 16.6. The summed E-state index contributed by atoms with van der Waals surface area (Å²) in [5.41, 5.74) is -0.505. The molecule has 0 aliphatic carbocycles. The van der Waals surface area contributed by atoms with Gasteiger partial charge in [0.15, 0.2) is 0 Å². The number of benzene rings is 1. The monoisotopic (exact) mass is 637 g/mol. The average molecular weight is 638 g/mol. The van der Waals surface area contributed by atoms with E-state index >= 15 is 0 Å². The van der Waals surface area contributed by atoms with Crippen LogP contribution in [0.1, 0.15) is 77.4 Å². The number of amides is 3. The number of allylic oxidation sites excluding steroid dienone is 1. The highest BCUT2D eigenvalue weighted by Gasteiger charge is 2.75. The van der Waals surface area contributed by atoms with Gasteiger partial charge in [0.25, 0.3) is 0 Å². The van der Waals surface area contributed by atoms with Gasteiger partial charge in [0.1, 0.15) is 17.7 Å². The molecule has 3 fully saturated rings. The number of nitrogens with zero attached hydrogens (tertiary/aromatic N) is 2. The second kappa shape index (κ2) is 15.9. The van der Waals surface area contributed by atoms with Crippen molar-refractivity contribution >= 4 is 23.7 Å². The summed E-state index contributed by atoms with van der Waals surface area (Å²) in [6.07, 6.45) is 6.07. The maximum atomic E-state index is 14.6. The van der Waals surface area contributed by atoms with E-state index in [9.17, 15) is 24.3 Å². The summed E-state index contributed by atoms with van der Waals surface area (Å²) in [5, 5.41) is 13.4. The van der Waals surface area contributed by atoms with Crippen molar-refractivity contribution in [2.45, 2.75) is 95.6 Å². The number of esters is 1. The molecular formula is C36H51N3O7. The van der Waals surface area contributed by atoms with Crippen molar-refractivity contribution in [3.8, 4) is 0 Å². The van der Waals surface area contributed by atoms with Crippen LogP contribution in [0, 0.1) is 17.8 Å². The third-order valence-corrected chi connectivity index (χ3v) is 10.0. The first-order valence-corrected chi connectivity index (χ1v) is 16.8. The number of rotatable bonds is 18. The van der Waals surface area contributed by atoms with E-state index in [1.54, 1.807) is 22.0 Å². The highest BCUT2D eigenvalue weighted by Crippen LogP contribution is 2.59. The number of ether oxygens (including phenoxy) is 2. The smallest absolute Gasteiger partial charge is 0.313 e. The second-order valence-electron chi connectivity index (χ2n) is 12.8. The van der Waals surface area contributed by atoms with Crippen LogP contribution in [0.4, 0.5) is 0 Å². The van der Waals surface area contributed by atoms with E-state index in [1.807, 2.05) is 44.2 Å². The molecule has 2 N–H and O–H groups in total. The number of carbonyl (C=O) groups excluding carboxylic acids is 4. The SMILES string of the molecule is C=CCCC(=O)NC[C@@H](OC(=O)[C@@H]1[C@H]2C(=O)N([C@@H](CO)[C@@H](C)CC)[C@H](C(=O)N(CC=C)CCCC)[C@]23CC[C@H]1O3)c1ccccc1. The van der Waals surface area contributed by atoms with Crippen molar-refractivity contribution < 1.29 is 33.8 Å². The Morgan fingerprint density at radius 3 is 2.59 bits per heavy atom. The Morgan fingerprint density at radius 2 is 1.96 bits per heavy atom. The lowest BCUT2D eigenvalue weighted by molar-refractivity contribution is -0.161. The molecule has 0 radical (unpaired) electrons. The largest absolute Gasteiger partial charge is 0.455 e. The van der Waals surface area contributed by atoms with E-state index in [1.165, 1.54) is 0 Å². The summed E-state index contributed by atoms with van der Waals surface area (Å²) >= 11 is 0. The molecule has 46 heavy (non-hydrogen) atoms. The number of aliphatic hydroxyl groups is 1. The predicted octanol–water partition coefficient (Wildman–Crippen LogP) is 3.95. The van der Waals surface area contributed by atoms with Crippen molar-refractivity contribution in [2.75, 3.05) is 26.2 Å². The van der Waals surface area contributed by atoms with Crippen LogP contribution in [-0.4, -0.2) is 88.6 Å². The van der Waals surface area contributed by atoms with Crippen LogP contribution in [0.3, 0.4) is 0 Å². The van der Waals surface area contributed by atoms with Gasteiger partial charge in [-0.1, -0.05) is 76.1 Å². The van der Waals surface area contributed by atoms with E-state index < -0.39 is 47.7 Å². The fourth-order valence-corrected chi connectivity index (χ4v) is 7.42. The van der Waals surface area contributed by atoms with Crippen LogP contribution < -0.4 is 5.32 Å². The zero-order valence-electron chi connectivity index (χ0n) is 27.6. The summed E-state index contributed by atoms with van der Waals surface area (Å²) in [5.74, 6) is -3.34. The summed E-state index contributed by atoms with van der Waals surface area (Å²) in [7, 11) is 0. The molecular weight excluding hydrogens is 586 g/mol. The average Bonchev–Trinajstić information content (AvgIpc) is 3.71. The van der Waals surface area contributed by atoms with Crippen LogP contribution in [0.15, 0.2) is 55.6 Å². The van der Waals surface area contributed by atoms with Gasteiger partial charge >= 0.3 is 5.97 Å². The van der Waals surface area contributed by atoms with Gasteiger partial charge in [0.05, 0.1) is 37.1 Å². The van der Waals surface area contributed by atoms with Crippen LogP contribution >= 0.6 is 0 Å². The Labute approximate surface area is 273 Å². The van der Waals surface area contributed by atoms with E-state index in [0.29, 0.717) is 44.3 Å². The van der Waals surface area contributed by atoms with E-state index in [4.69, 9.17) is 9.47 Å². The van der Waals surface area contributed by atoms with Crippen molar-refractivity contribution in [2.24, 2.45) is 17.8 Å². The summed E-state index contributed by atoms with van der Waals surface area (Å²) in [4.78, 5) is 58.9. The first-order chi connectivity index (χ1) is 22.2. The van der Waals surface area contributed by atoms with Crippen molar-refractivity contribution in [3.63, 3.8) is 0 Å². The molecule has 3 heterocycles. The molecule has 10 heteroatoms. The van der Waals surface area contributed by atoms with Gasteiger partial charge in [-0.2, -0.15) is 0 Å². The van der Waals surface area contributed by atoms with E-state index in [-0.39, 0.29) is 43.2 Å². The quantitative estimate of drug-likeness (QED) is 0.185. The molecule has 8 atom stereocenters. The van der Waals surface area contributed by atoms with Gasteiger partial charge in [0, 0.05) is 19.5 Å². The Bertz CT molecular complexity index is 1260. The first-order valence-electron chi connectivity index (χ1n) is 16.8. The zero-order chi connectivity index (χ0) is 33.4. The number of unbranched alkanes of at least 4 members (excludes halogenated alkanes) is 1. The number of aliphatic hydroxyl groups excluding tert-OH is 1. The van der Waals surface area contributed by atoms with Crippen molar-refractivity contribution in [3.05, 3.63) is 61.2 Å². The lowest BCUT2D eigenvalue weighted by Gasteiger charge is -2.41. The summed E-state index contributed by atoms with van der Waals surface area (Å²) in [6.45, 7) is 14.1. The molecule has 0 saturated carbocycles. The summed E-state index contributed by atoms with van der Waals surface area (Å²) in [6, 6.07) is 7.56. The van der Waals surface area contributed by atoms with Crippen LogP contribution in [0.2, 0.25) is 0 Å². The maximum absolute atomic E-state index is 14.6. The number of hydrogen-bond acceptors (Lipinski definition) is 7. The number of nitrogens with one attached hydrogen (secondary N) is 1. The third kappa shape index (κ3) is 6.93. The zero-order valence-corrected chi connectivity index (χ0v) is 27.6. The van der Waals surface area contributed by atoms with E-state index in [2.05, 4.69) is 25.4 Å². The standard InChI is InChI=1S/C36H51N3O7/c1-6-10-17-29(41)37-22-28(25-15-13-12-14-16-25)45-35(44)30-27-18-19-36(46-27)31(30)33(42)39(26(23-40)24(5)9-4)32(36)34(43)38(20-8-3)21-11-7-2/h6,8,12-16,24,26-28,30-32,40H,1,3,7,9-11,17-23H2,2,4-5H3,(H,37,41)/t24-,26-,27+,28+,30-,31-,32+,36-/m0/s1. The van der Waals surface area contributed by atoms with Gasteiger partial charge < -0.3 is 29.7 Å². The molecule has 1 spiro atoms. The molecule has 3 saturated heterocycles. The first kappa shape index (κ1) is 35.4. The van der Waals surface area contributed by atoms with Crippen LogP contribution in [-0.2, 0) is 28.7 Å². The number of hydrogen-bond donors (Lipinski definition) is 2. The summed E-state index contributed by atoms with van der Waals surface area (Å²) < 4.78 is 12.7. The Morgan fingerprint density at radius 1 is 1.22 bits per heavy atom. The normalized spacial score (nSPS) is 26.6. The van der Waals surface area contributed by atoms with Crippen LogP contribution in [0.25, 0.3) is 0 Å². The second-order valence-corrected chi connectivity index (χ2v) is 12.8. The number of fused-ring (bicyclic) bond motifs is 1. The molecule has 1 aromatic carbocycles. The molecule has 3 aliphatic heterocycles. The minimum Gasteiger partial charge on any atom is -0.455 e. The maximum Gasteiger partial charge on any atom is 0.313 e. The topological polar surface area (TPSA) is 125 Å². The lowest BCUT2D eigenvalue weighted by Crippen LogP contribution is -2.59. The molecule has 3 aliphatic rings. The van der Waals surface area contributed by atoms with E-state index in [0.717, 1.165) is 12.8 Å². The van der Waals surface area contributed by atoms with Crippen molar-refractivity contribution in [1.82, 2.24) is 15.1 Å². The fourth-order valence-electron chi connectivity index (χ4n) is 7.42. The lowest BCUT2D eigenvalue weighted by atomic mass is 9.70. The Balaban J connectivity index is 1.68. The fraction of sp³-hybridized carbons (Fsp3) is 0.611. The molecule has 1 aromatic rings. The molecule has 0 aromatic heterocycles.